The number of hydrogen-bond donors (Lipinski definition) is 1. The average molecular weight is 273 g/mol. The maximum atomic E-state index is 11.5. The minimum atomic E-state index is -0.737. The molecule has 0 fully saturated rings. The highest BCUT2D eigenvalue weighted by molar-refractivity contribution is 5.86. The van der Waals surface area contributed by atoms with Crippen molar-refractivity contribution in [3.8, 4) is 0 Å². The number of Topliss-reactive ketones (excluding diaryl/α,β-unsaturated/α-hetero) is 1. The number of nitrogens with one attached hydrogen (secondary N) is 1. The Labute approximate surface area is 113 Å². The molecule has 110 valence electrons. The van der Waals surface area contributed by atoms with Gasteiger partial charge in [0.15, 0.2) is 5.78 Å². The summed E-state index contributed by atoms with van der Waals surface area (Å²) in [5.74, 6) is -0.616. The average Bonchev–Trinajstić information content (AvgIpc) is 2.21. The van der Waals surface area contributed by atoms with Crippen LogP contribution in [0.3, 0.4) is 0 Å². The van der Waals surface area contributed by atoms with E-state index in [0.29, 0.717) is 6.61 Å². The third kappa shape index (κ3) is 9.04. The monoisotopic (exact) mass is 273 g/mol. The molecule has 19 heavy (non-hydrogen) atoms. The molecule has 0 aliphatic rings. The third-order valence-electron chi connectivity index (χ3n) is 2.12. The Bertz CT molecular complexity index is 332. The first-order valence-electron chi connectivity index (χ1n) is 6.31. The summed E-state index contributed by atoms with van der Waals surface area (Å²) in [6, 6.07) is -0.737. The lowest BCUT2D eigenvalue weighted by Gasteiger charge is -2.22. The lowest BCUT2D eigenvalue weighted by Crippen LogP contribution is -2.43. The fraction of sp³-hybridized carbons (Fsp3) is 0.769. The van der Waals surface area contributed by atoms with Gasteiger partial charge in [-0.15, -0.1) is 0 Å². The molecular weight excluding hydrogens is 250 g/mol. The summed E-state index contributed by atoms with van der Waals surface area (Å²) in [4.78, 5) is 34.1. The lowest BCUT2D eigenvalue weighted by atomic mass is 10.1. The molecule has 0 saturated heterocycles. The Balaban J connectivity index is 4.31. The van der Waals surface area contributed by atoms with Crippen molar-refractivity contribution in [2.45, 2.75) is 59.1 Å². The number of ketones is 1. The van der Waals surface area contributed by atoms with E-state index in [4.69, 9.17) is 9.47 Å². The summed E-state index contributed by atoms with van der Waals surface area (Å²) < 4.78 is 9.82. The van der Waals surface area contributed by atoms with E-state index in [2.05, 4.69) is 5.32 Å². The highest BCUT2D eigenvalue weighted by Crippen LogP contribution is 2.08. The fourth-order valence-electron chi connectivity index (χ4n) is 1.32. The van der Waals surface area contributed by atoms with Crippen molar-refractivity contribution in [1.29, 1.82) is 0 Å². The largest absolute Gasteiger partial charge is 0.466 e. The van der Waals surface area contributed by atoms with Crippen molar-refractivity contribution in [1.82, 2.24) is 5.32 Å². The third-order valence-corrected chi connectivity index (χ3v) is 2.12. The summed E-state index contributed by atoms with van der Waals surface area (Å²) in [6.45, 7) is 8.55. The minimum absolute atomic E-state index is 0.0773. The van der Waals surface area contributed by atoms with E-state index in [1.807, 2.05) is 0 Å². The molecule has 1 unspecified atom stereocenters. The van der Waals surface area contributed by atoms with Crippen LogP contribution in [0.25, 0.3) is 0 Å². The molecule has 0 aliphatic heterocycles. The topological polar surface area (TPSA) is 81.7 Å². The number of rotatable bonds is 6. The van der Waals surface area contributed by atoms with E-state index >= 15 is 0 Å². The van der Waals surface area contributed by atoms with E-state index in [9.17, 15) is 14.4 Å². The van der Waals surface area contributed by atoms with Gasteiger partial charge in [-0.1, -0.05) is 0 Å². The molecule has 0 aliphatic carbocycles. The Kier molecular flexibility index (Phi) is 7.11. The van der Waals surface area contributed by atoms with Gasteiger partial charge in [0.05, 0.1) is 12.6 Å². The lowest BCUT2D eigenvalue weighted by molar-refractivity contribution is -0.143. The van der Waals surface area contributed by atoms with Crippen LogP contribution in [-0.2, 0) is 19.1 Å². The van der Waals surface area contributed by atoms with Gasteiger partial charge in [-0.2, -0.15) is 0 Å². The van der Waals surface area contributed by atoms with E-state index in [1.54, 1.807) is 27.7 Å². The second-order valence-electron chi connectivity index (χ2n) is 5.15. The van der Waals surface area contributed by atoms with E-state index in [1.165, 1.54) is 6.92 Å². The van der Waals surface area contributed by atoms with Crippen LogP contribution in [0.1, 0.15) is 47.5 Å². The van der Waals surface area contributed by atoms with Crippen LogP contribution in [0.2, 0.25) is 0 Å². The molecule has 0 saturated carbocycles. The number of hydrogen-bond acceptors (Lipinski definition) is 5. The van der Waals surface area contributed by atoms with Gasteiger partial charge < -0.3 is 14.8 Å². The van der Waals surface area contributed by atoms with Gasteiger partial charge in [-0.05, 0) is 41.0 Å². The summed E-state index contributed by atoms with van der Waals surface area (Å²) in [5.41, 5.74) is -0.632. The predicted molar refractivity (Wildman–Crippen MR) is 69.7 cm³/mol. The first-order valence-corrected chi connectivity index (χ1v) is 6.31. The molecule has 0 bridgehead atoms. The van der Waals surface area contributed by atoms with E-state index in [0.717, 1.165) is 0 Å². The molecule has 0 aromatic rings. The van der Waals surface area contributed by atoms with Crippen molar-refractivity contribution in [3.63, 3.8) is 0 Å². The smallest absolute Gasteiger partial charge is 0.408 e. The van der Waals surface area contributed by atoms with Crippen LogP contribution in [0, 0.1) is 0 Å². The van der Waals surface area contributed by atoms with Gasteiger partial charge in [0, 0.05) is 6.42 Å². The van der Waals surface area contributed by atoms with Crippen LogP contribution in [0.15, 0.2) is 0 Å². The molecule has 6 nitrogen and oxygen atoms in total. The van der Waals surface area contributed by atoms with Gasteiger partial charge in [0.1, 0.15) is 5.60 Å². The van der Waals surface area contributed by atoms with Gasteiger partial charge in [0.2, 0.25) is 0 Å². The number of alkyl carbamates (subject to hydrolysis) is 1. The number of carbonyl (C=O) groups is 3. The van der Waals surface area contributed by atoms with Crippen molar-refractivity contribution in [3.05, 3.63) is 0 Å². The molecule has 1 amide bonds. The number of carbonyl (C=O) groups excluding carboxylic acids is 3. The highest BCUT2D eigenvalue weighted by Gasteiger charge is 2.22. The zero-order chi connectivity index (χ0) is 15.1. The molecule has 1 atom stereocenters. The SMILES string of the molecule is CCOC(=O)CCC(NC(=O)OC(C)(C)C)C(C)=O. The Morgan fingerprint density at radius 3 is 2.21 bits per heavy atom. The second-order valence-corrected chi connectivity index (χ2v) is 5.15. The second kappa shape index (κ2) is 7.76. The first kappa shape index (κ1) is 17.4. The molecule has 0 spiro atoms. The maximum Gasteiger partial charge on any atom is 0.408 e. The molecule has 0 aromatic carbocycles. The molecule has 0 rings (SSSR count). The molecule has 6 heteroatoms. The van der Waals surface area contributed by atoms with E-state index < -0.39 is 17.7 Å². The van der Waals surface area contributed by atoms with Gasteiger partial charge in [0.25, 0.3) is 0 Å². The number of amides is 1. The number of ether oxygens (including phenoxy) is 2. The van der Waals surface area contributed by atoms with Crippen LogP contribution < -0.4 is 5.32 Å². The molecule has 0 heterocycles. The summed E-state index contributed by atoms with van der Waals surface area (Å²) in [6.07, 6.45) is -0.391. The van der Waals surface area contributed by atoms with Crippen molar-refractivity contribution in [2.75, 3.05) is 6.61 Å². The van der Waals surface area contributed by atoms with Crippen molar-refractivity contribution < 1.29 is 23.9 Å². The Morgan fingerprint density at radius 2 is 1.79 bits per heavy atom. The Morgan fingerprint density at radius 1 is 1.21 bits per heavy atom. The van der Waals surface area contributed by atoms with Gasteiger partial charge in [-0.25, -0.2) is 4.79 Å². The fourth-order valence-corrected chi connectivity index (χ4v) is 1.32. The number of esters is 1. The van der Waals surface area contributed by atoms with Crippen molar-refractivity contribution in [2.24, 2.45) is 0 Å². The Hall–Kier alpha value is -1.59. The molecule has 1 N–H and O–H groups in total. The normalized spacial score (nSPS) is 12.5. The molecule has 0 radical (unpaired) electrons. The maximum absolute atomic E-state index is 11.5. The highest BCUT2D eigenvalue weighted by atomic mass is 16.6. The van der Waals surface area contributed by atoms with E-state index in [-0.39, 0.29) is 24.6 Å². The summed E-state index contributed by atoms with van der Waals surface area (Å²) in [7, 11) is 0. The minimum Gasteiger partial charge on any atom is -0.466 e. The predicted octanol–water partition coefficient (Wildman–Crippen LogP) is 1.81. The summed E-state index contributed by atoms with van der Waals surface area (Å²) in [5, 5.41) is 2.45. The zero-order valence-electron chi connectivity index (χ0n) is 12.2. The van der Waals surface area contributed by atoms with Crippen LogP contribution in [-0.4, -0.2) is 36.1 Å². The van der Waals surface area contributed by atoms with Crippen LogP contribution in [0.4, 0.5) is 4.79 Å². The van der Waals surface area contributed by atoms with Gasteiger partial charge in [-0.3, -0.25) is 9.59 Å². The zero-order valence-corrected chi connectivity index (χ0v) is 12.2. The molecule has 0 aromatic heterocycles. The first-order chi connectivity index (χ1) is 8.65. The summed E-state index contributed by atoms with van der Waals surface area (Å²) >= 11 is 0. The quantitative estimate of drug-likeness (QED) is 0.746. The standard InChI is InChI=1S/C13H23NO5/c1-6-18-11(16)8-7-10(9(2)15)14-12(17)19-13(3,4)5/h10H,6-8H2,1-5H3,(H,14,17). The van der Waals surface area contributed by atoms with Crippen molar-refractivity contribution >= 4 is 17.8 Å². The molecular formula is C13H23NO5. The van der Waals surface area contributed by atoms with Crippen LogP contribution in [0.5, 0.6) is 0 Å². The van der Waals surface area contributed by atoms with Crippen LogP contribution >= 0.6 is 0 Å². The van der Waals surface area contributed by atoms with Gasteiger partial charge >= 0.3 is 12.1 Å².